The Morgan fingerprint density at radius 1 is 0.804 bits per heavy atom. The summed E-state index contributed by atoms with van der Waals surface area (Å²) in [4.78, 5) is 25.9. The molecule has 46 heavy (non-hydrogen) atoms. The van der Waals surface area contributed by atoms with E-state index in [1.54, 1.807) is 12.1 Å². The molecule has 6 N–H and O–H groups in total. The molecule has 242 valence electrons. The SMILES string of the molecule is NCCOCCOCCNC(=O)Cc1ccc(Nc2nc(NCc3ccc(F)cc3)nc(NCc3cccc4c3OCO4)n2)cc1. The molecule has 0 unspecified atom stereocenters. The molecule has 1 aliphatic heterocycles. The molecule has 5 rings (SSSR count). The number of amides is 1. The van der Waals surface area contributed by atoms with E-state index in [1.165, 1.54) is 12.1 Å². The van der Waals surface area contributed by atoms with Gasteiger partial charge in [-0.25, -0.2) is 4.39 Å². The molecule has 1 amide bonds. The predicted octanol–water partition coefficient (Wildman–Crippen LogP) is 3.36. The smallest absolute Gasteiger partial charge is 0.233 e. The second kappa shape index (κ2) is 16.9. The number of nitrogens with one attached hydrogen (secondary N) is 4. The van der Waals surface area contributed by atoms with Crippen LogP contribution in [0.25, 0.3) is 0 Å². The van der Waals surface area contributed by atoms with Crippen molar-refractivity contribution >= 4 is 29.4 Å². The fourth-order valence-corrected chi connectivity index (χ4v) is 4.43. The highest BCUT2D eigenvalue weighted by molar-refractivity contribution is 5.78. The molecule has 0 aliphatic carbocycles. The lowest BCUT2D eigenvalue weighted by atomic mass is 10.1. The minimum atomic E-state index is -0.305. The van der Waals surface area contributed by atoms with Gasteiger partial charge in [-0.1, -0.05) is 36.4 Å². The van der Waals surface area contributed by atoms with Crippen LogP contribution in [0.2, 0.25) is 0 Å². The van der Waals surface area contributed by atoms with E-state index in [-0.39, 0.29) is 24.9 Å². The molecule has 0 fully saturated rings. The van der Waals surface area contributed by atoms with Gasteiger partial charge in [0.05, 0.1) is 32.8 Å². The number of halogens is 1. The number of nitrogens with zero attached hydrogens (tertiary/aromatic N) is 3. The van der Waals surface area contributed by atoms with Crippen LogP contribution in [0, 0.1) is 5.82 Å². The summed E-state index contributed by atoms with van der Waals surface area (Å²) < 4.78 is 35.1. The van der Waals surface area contributed by atoms with Crippen molar-refractivity contribution in [1.82, 2.24) is 20.3 Å². The Bertz CT molecular complexity index is 1560. The molecule has 2 heterocycles. The van der Waals surface area contributed by atoms with Crippen molar-refractivity contribution in [3.8, 4) is 11.5 Å². The van der Waals surface area contributed by atoms with Crippen LogP contribution in [0.4, 0.5) is 27.9 Å². The van der Waals surface area contributed by atoms with E-state index in [0.29, 0.717) is 82.0 Å². The van der Waals surface area contributed by atoms with Gasteiger partial charge < -0.3 is 45.9 Å². The molecule has 3 aromatic carbocycles. The van der Waals surface area contributed by atoms with Gasteiger partial charge in [0.25, 0.3) is 0 Å². The molecule has 4 aromatic rings. The van der Waals surface area contributed by atoms with Gasteiger partial charge in [0.2, 0.25) is 30.5 Å². The maximum atomic E-state index is 13.4. The van der Waals surface area contributed by atoms with Gasteiger partial charge in [-0.2, -0.15) is 15.0 Å². The Kier molecular flexibility index (Phi) is 11.9. The van der Waals surface area contributed by atoms with Crippen molar-refractivity contribution in [2.24, 2.45) is 5.73 Å². The highest BCUT2D eigenvalue weighted by Crippen LogP contribution is 2.35. The summed E-state index contributed by atoms with van der Waals surface area (Å²) in [6.07, 6.45) is 0.231. The van der Waals surface area contributed by atoms with Crippen LogP contribution in [0.15, 0.2) is 66.7 Å². The lowest BCUT2D eigenvalue weighted by molar-refractivity contribution is -0.120. The predicted molar refractivity (Wildman–Crippen MR) is 171 cm³/mol. The Morgan fingerprint density at radius 2 is 1.50 bits per heavy atom. The first-order chi connectivity index (χ1) is 22.6. The van der Waals surface area contributed by atoms with E-state index in [2.05, 4.69) is 36.2 Å². The molecule has 13 nitrogen and oxygen atoms in total. The highest BCUT2D eigenvalue weighted by atomic mass is 19.1. The Balaban J connectivity index is 1.18. The van der Waals surface area contributed by atoms with Crippen molar-refractivity contribution in [2.45, 2.75) is 19.5 Å². The van der Waals surface area contributed by atoms with Crippen LogP contribution in [0.1, 0.15) is 16.7 Å². The number of carbonyl (C=O) groups is 1. The van der Waals surface area contributed by atoms with Gasteiger partial charge in [0, 0.05) is 37.4 Å². The maximum Gasteiger partial charge on any atom is 0.233 e. The largest absolute Gasteiger partial charge is 0.454 e. The zero-order valence-electron chi connectivity index (χ0n) is 25.3. The summed E-state index contributed by atoms with van der Waals surface area (Å²) in [5.74, 6) is 1.92. The van der Waals surface area contributed by atoms with Gasteiger partial charge in [-0.05, 0) is 41.5 Å². The van der Waals surface area contributed by atoms with Crippen molar-refractivity contribution in [3.05, 3.63) is 89.2 Å². The number of nitrogens with two attached hydrogens (primary N) is 1. The van der Waals surface area contributed by atoms with Crippen LogP contribution in [0.3, 0.4) is 0 Å². The number of ether oxygens (including phenoxy) is 4. The van der Waals surface area contributed by atoms with E-state index in [4.69, 9.17) is 24.7 Å². The number of fused-ring (bicyclic) bond motifs is 1. The minimum Gasteiger partial charge on any atom is -0.454 e. The zero-order chi connectivity index (χ0) is 32.0. The quantitative estimate of drug-likeness (QED) is 0.102. The lowest BCUT2D eigenvalue weighted by Gasteiger charge is -2.13. The van der Waals surface area contributed by atoms with Crippen molar-refractivity contribution in [1.29, 1.82) is 0 Å². The number of aromatic nitrogens is 3. The topological polar surface area (TPSA) is 167 Å². The Morgan fingerprint density at radius 3 is 2.26 bits per heavy atom. The molecular weight excluding hydrogens is 595 g/mol. The van der Waals surface area contributed by atoms with E-state index < -0.39 is 0 Å². The Hall–Kier alpha value is -5.05. The molecule has 0 radical (unpaired) electrons. The molecule has 14 heteroatoms. The summed E-state index contributed by atoms with van der Waals surface area (Å²) in [7, 11) is 0. The maximum absolute atomic E-state index is 13.4. The number of anilines is 4. The van der Waals surface area contributed by atoms with Crippen LogP contribution >= 0.6 is 0 Å². The van der Waals surface area contributed by atoms with Gasteiger partial charge in [-0.3, -0.25) is 4.79 Å². The number of rotatable bonds is 18. The van der Waals surface area contributed by atoms with Crippen LogP contribution < -0.4 is 36.5 Å². The average Bonchev–Trinajstić information content (AvgIpc) is 3.55. The molecule has 0 bridgehead atoms. The third-order valence-corrected chi connectivity index (χ3v) is 6.69. The minimum absolute atomic E-state index is 0.102. The van der Waals surface area contributed by atoms with Crippen molar-refractivity contribution < 1.29 is 28.1 Å². The van der Waals surface area contributed by atoms with Crippen molar-refractivity contribution in [3.63, 3.8) is 0 Å². The molecule has 0 spiro atoms. The molecule has 0 saturated carbocycles. The molecule has 1 aliphatic rings. The van der Waals surface area contributed by atoms with Crippen LogP contribution in [0.5, 0.6) is 11.5 Å². The van der Waals surface area contributed by atoms with Crippen LogP contribution in [-0.2, 0) is 33.8 Å². The monoisotopic (exact) mass is 632 g/mol. The second-order valence-electron chi connectivity index (χ2n) is 10.2. The highest BCUT2D eigenvalue weighted by Gasteiger charge is 2.17. The van der Waals surface area contributed by atoms with E-state index in [1.807, 2.05) is 42.5 Å². The molecule has 0 atom stereocenters. The summed E-state index contributed by atoms with van der Waals surface area (Å²) in [5.41, 5.74) is 8.70. The summed E-state index contributed by atoms with van der Waals surface area (Å²) in [6, 6.07) is 19.3. The number of carbonyl (C=O) groups excluding carboxylic acids is 1. The van der Waals surface area contributed by atoms with E-state index >= 15 is 0 Å². The normalized spacial score (nSPS) is 11.7. The number of benzene rings is 3. The van der Waals surface area contributed by atoms with Gasteiger partial charge >= 0.3 is 0 Å². The first-order valence-corrected chi connectivity index (χ1v) is 14.9. The third kappa shape index (κ3) is 9.99. The third-order valence-electron chi connectivity index (χ3n) is 6.69. The van der Waals surface area contributed by atoms with Crippen molar-refractivity contribution in [2.75, 3.05) is 62.3 Å². The van der Waals surface area contributed by atoms with E-state index in [0.717, 1.165) is 22.4 Å². The number of para-hydroxylation sites is 1. The average molecular weight is 633 g/mol. The summed E-state index contributed by atoms with van der Waals surface area (Å²) in [5, 5.41) is 12.5. The summed E-state index contributed by atoms with van der Waals surface area (Å²) >= 11 is 0. The standard InChI is InChI=1S/C32H37FN8O5/c33-25-8-4-23(5-9-25)19-36-30-39-31(37-20-24-2-1-3-27-29(24)46-21-45-27)41-32(40-30)38-26-10-6-22(7-11-26)18-28(42)35-13-15-44-17-16-43-14-12-34/h1-11H,12-21,34H2,(H,35,42)(H3,36,37,38,39,40,41). The first kappa shape index (κ1) is 32.3. The fourth-order valence-electron chi connectivity index (χ4n) is 4.43. The first-order valence-electron chi connectivity index (χ1n) is 14.9. The second-order valence-corrected chi connectivity index (χ2v) is 10.2. The molecule has 1 aromatic heterocycles. The molecule has 0 saturated heterocycles. The van der Waals surface area contributed by atoms with E-state index in [9.17, 15) is 9.18 Å². The number of hydrogen-bond donors (Lipinski definition) is 5. The fraction of sp³-hybridized carbons (Fsp3) is 0.312. The lowest BCUT2D eigenvalue weighted by Crippen LogP contribution is -2.29. The Labute approximate surface area is 266 Å². The van der Waals surface area contributed by atoms with Crippen LogP contribution in [-0.4, -0.2) is 67.2 Å². The van der Waals surface area contributed by atoms with Gasteiger partial charge in [0.15, 0.2) is 11.5 Å². The van der Waals surface area contributed by atoms with Gasteiger partial charge in [-0.15, -0.1) is 0 Å². The number of hydrogen-bond acceptors (Lipinski definition) is 12. The molecular formula is C32H37FN8O5. The zero-order valence-corrected chi connectivity index (χ0v) is 25.3. The van der Waals surface area contributed by atoms with Gasteiger partial charge in [0.1, 0.15) is 5.82 Å². The summed E-state index contributed by atoms with van der Waals surface area (Å²) in [6.45, 7) is 3.67.